The highest BCUT2D eigenvalue weighted by Crippen LogP contribution is 2.51. The average Bonchev–Trinajstić information content (AvgIpc) is 3.08. The Balaban J connectivity index is 1.30. The van der Waals surface area contributed by atoms with E-state index in [4.69, 9.17) is 28.8 Å². The Hall–Kier alpha value is -2.19. The lowest BCUT2D eigenvalue weighted by Gasteiger charge is -2.42. The molecule has 0 saturated carbocycles. The Bertz CT molecular complexity index is 1280. The summed E-state index contributed by atoms with van der Waals surface area (Å²) < 4.78 is 14.6. The molecule has 5 rings (SSSR count). The summed E-state index contributed by atoms with van der Waals surface area (Å²) in [5.41, 5.74) is 21.0. The van der Waals surface area contributed by atoms with Crippen molar-refractivity contribution in [3.05, 3.63) is 52.6 Å². The van der Waals surface area contributed by atoms with Gasteiger partial charge in [-0.3, -0.25) is 0 Å². The molecule has 1 saturated heterocycles. The molecule has 35 heavy (non-hydrogen) atoms. The maximum atomic E-state index is 14.6. The van der Waals surface area contributed by atoms with Gasteiger partial charge in [0.1, 0.15) is 22.5 Å². The van der Waals surface area contributed by atoms with E-state index < -0.39 is 7.92 Å². The molecule has 1 aliphatic carbocycles. The number of pyridine rings is 1. The Morgan fingerprint density at radius 2 is 1.91 bits per heavy atom. The monoisotopic (exact) mass is 531 g/mol. The summed E-state index contributed by atoms with van der Waals surface area (Å²) in [5.74, 6) is 1.24. The number of aromatic nitrogens is 3. The molecule has 0 radical (unpaired) electrons. The van der Waals surface area contributed by atoms with Gasteiger partial charge in [-0.1, -0.05) is 31.3 Å². The molecule has 1 atom stereocenters. The van der Waals surface area contributed by atoms with Crippen molar-refractivity contribution in [2.24, 2.45) is 11.1 Å². The van der Waals surface area contributed by atoms with E-state index in [2.05, 4.69) is 33.2 Å². The summed E-state index contributed by atoms with van der Waals surface area (Å²) in [6.07, 6.45) is 5.95. The van der Waals surface area contributed by atoms with Crippen LogP contribution in [0.4, 0.5) is 21.8 Å². The molecule has 1 aliphatic heterocycles. The quantitative estimate of drug-likeness (QED) is 0.429. The molecule has 1 spiro atoms. The molecule has 7 nitrogen and oxygen atoms in total. The molecule has 0 amide bonds. The third-order valence-corrected chi connectivity index (χ3v) is 10.0. The van der Waals surface area contributed by atoms with Gasteiger partial charge in [-0.15, -0.1) is 0 Å². The minimum atomic E-state index is -0.519. The van der Waals surface area contributed by atoms with Crippen molar-refractivity contribution in [1.29, 1.82) is 0 Å². The number of rotatable bonds is 4. The van der Waals surface area contributed by atoms with E-state index in [1.165, 1.54) is 11.8 Å². The van der Waals surface area contributed by atoms with Crippen molar-refractivity contribution < 1.29 is 4.39 Å². The van der Waals surface area contributed by atoms with Crippen molar-refractivity contribution >= 4 is 54.0 Å². The highest BCUT2D eigenvalue weighted by atomic mass is 35.5. The average molecular weight is 532 g/mol. The lowest BCUT2D eigenvalue weighted by Crippen LogP contribution is -2.44. The SMILES string of the molecule is CP(C)c1cc2c(cc1F)CC1(CCN(c3cnc(Sc4ccnc(N)c4Cl)c(N)n3)CC1)[C@@H]2N. The molecule has 11 heteroatoms. The van der Waals surface area contributed by atoms with Crippen LogP contribution in [0, 0.1) is 11.2 Å². The topological polar surface area (TPSA) is 120 Å². The van der Waals surface area contributed by atoms with Gasteiger partial charge in [0.05, 0.1) is 11.2 Å². The number of hydrogen-bond donors (Lipinski definition) is 3. The molecule has 0 unspecified atom stereocenters. The summed E-state index contributed by atoms with van der Waals surface area (Å²) in [6.45, 7) is 5.73. The van der Waals surface area contributed by atoms with E-state index in [0.29, 0.717) is 15.9 Å². The summed E-state index contributed by atoms with van der Waals surface area (Å²) in [5, 5.41) is 1.75. The van der Waals surface area contributed by atoms with Gasteiger partial charge in [0, 0.05) is 35.5 Å². The zero-order chi connectivity index (χ0) is 24.9. The van der Waals surface area contributed by atoms with Crippen LogP contribution < -0.4 is 27.4 Å². The minimum Gasteiger partial charge on any atom is -0.382 e. The van der Waals surface area contributed by atoms with Gasteiger partial charge in [-0.25, -0.2) is 19.3 Å². The Morgan fingerprint density at radius 1 is 1.17 bits per heavy atom. The van der Waals surface area contributed by atoms with E-state index in [0.717, 1.165) is 59.5 Å². The normalized spacial score (nSPS) is 18.9. The summed E-state index contributed by atoms with van der Waals surface area (Å²) >= 11 is 7.56. The second-order valence-corrected chi connectivity index (χ2v) is 13.1. The number of nitrogens with two attached hydrogens (primary N) is 3. The predicted octanol–water partition coefficient (Wildman–Crippen LogP) is 4.19. The van der Waals surface area contributed by atoms with Crippen LogP contribution >= 0.6 is 31.3 Å². The predicted molar refractivity (Wildman–Crippen MR) is 144 cm³/mol. The first-order valence-electron chi connectivity index (χ1n) is 11.4. The van der Waals surface area contributed by atoms with Crippen molar-refractivity contribution in [2.75, 3.05) is 42.8 Å². The first-order valence-corrected chi connectivity index (χ1v) is 14.8. The number of halogens is 2. The van der Waals surface area contributed by atoms with E-state index in [-0.39, 0.29) is 23.1 Å². The molecule has 3 heterocycles. The van der Waals surface area contributed by atoms with Crippen LogP contribution in [0.25, 0.3) is 0 Å². The van der Waals surface area contributed by atoms with Crippen LogP contribution in [0.3, 0.4) is 0 Å². The molecule has 2 aromatic heterocycles. The summed E-state index contributed by atoms with van der Waals surface area (Å²) in [7, 11) is -0.519. The van der Waals surface area contributed by atoms with Crippen LogP contribution in [0.1, 0.15) is 30.0 Å². The molecule has 6 N–H and O–H groups in total. The number of fused-ring (bicyclic) bond motifs is 1. The zero-order valence-corrected chi connectivity index (χ0v) is 22.1. The summed E-state index contributed by atoms with van der Waals surface area (Å²) in [6, 6.07) is 5.43. The van der Waals surface area contributed by atoms with Crippen molar-refractivity contribution in [2.45, 2.75) is 35.2 Å². The van der Waals surface area contributed by atoms with Gasteiger partial charge in [0.15, 0.2) is 5.82 Å². The Morgan fingerprint density at radius 3 is 2.60 bits per heavy atom. The fourth-order valence-electron chi connectivity index (χ4n) is 5.13. The minimum absolute atomic E-state index is 0.0546. The lowest BCUT2D eigenvalue weighted by atomic mass is 9.73. The lowest BCUT2D eigenvalue weighted by molar-refractivity contribution is 0.187. The zero-order valence-electron chi connectivity index (χ0n) is 19.6. The van der Waals surface area contributed by atoms with Gasteiger partial charge in [-0.05, 0) is 67.3 Å². The second kappa shape index (κ2) is 9.36. The third kappa shape index (κ3) is 4.44. The van der Waals surface area contributed by atoms with E-state index >= 15 is 0 Å². The number of nitrogen functional groups attached to an aromatic ring is 2. The molecular formula is C24H28ClFN7PS. The van der Waals surface area contributed by atoms with Crippen LogP contribution in [0.2, 0.25) is 5.02 Å². The fraction of sp³-hybridized carbons (Fsp3) is 0.375. The molecule has 1 aromatic carbocycles. The van der Waals surface area contributed by atoms with E-state index in [1.54, 1.807) is 24.5 Å². The Labute approximate surface area is 214 Å². The number of benzene rings is 1. The van der Waals surface area contributed by atoms with Crippen LogP contribution in [0.5, 0.6) is 0 Å². The summed E-state index contributed by atoms with van der Waals surface area (Å²) in [4.78, 5) is 16.0. The third-order valence-electron chi connectivity index (χ3n) is 7.15. The molecule has 0 bridgehead atoms. The van der Waals surface area contributed by atoms with Gasteiger partial charge < -0.3 is 22.1 Å². The molecular weight excluding hydrogens is 504 g/mol. The second-order valence-electron chi connectivity index (χ2n) is 9.43. The van der Waals surface area contributed by atoms with Crippen molar-refractivity contribution in [3.63, 3.8) is 0 Å². The van der Waals surface area contributed by atoms with Crippen molar-refractivity contribution in [1.82, 2.24) is 15.0 Å². The smallest absolute Gasteiger partial charge is 0.158 e. The van der Waals surface area contributed by atoms with Gasteiger partial charge >= 0.3 is 0 Å². The van der Waals surface area contributed by atoms with Crippen LogP contribution in [-0.4, -0.2) is 41.4 Å². The molecule has 2 aliphatic rings. The molecule has 1 fully saturated rings. The molecule has 3 aromatic rings. The van der Waals surface area contributed by atoms with E-state index in [9.17, 15) is 4.39 Å². The largest absolute Gasteiger partial charge is 0.382 e. The maximum absolute atomic E-state index is 14.6. The number of piperidine rings is 1. The number of hydrogen-bond acceptors (Lipinski definition) is 8. The number of nitrogens with zero attached hydrogens (tertiary/aromatic N) is 4. The van der Waals surface area contributed by atoms with E-state index in [1.807, 2.05) is 6.07 Å². The number of anilines is 3. The fourth-order valence-corrected chi connectivity index (χ4v) is 7.03. The highest BCUT2D eigenvalue weighted by molar-refractivity contribution is 7.99. The van der Waals surface area contributed by atoms with Gasteiger partial charge in [-0.2, -0.15) is 0 Å². The van der Waals surface area contributed by atoms with Gasteiger partial charge in [0.25, 0.3) is 0 Å². The molecule has 184 valence electrons. The first kappa shape index (κ1) is 24.5. The first-order chi connectivity index (χ1) is 16.7. The van der Waals surface area contributed by atoms with Crippen LogP contribution in [0.15, 0.2) is 40.5 Å². The standard InChI is InChI=1S/C24H28ClFN7PS/c1-34(2)16-10-14-13(9-15(16)26)11-24(20(14)27)4-7-33(8-5-24)18-12-31-23(22(29)32-18)35-17-3-6-30-21(28)19(17)25/h3,6,9-10,12,20H,4-5,7-8,11,27H2,1-2H3,(H2,28,30)(H2,29,32)/t20-/m1/s1. The maximum Gasteiger partial charge on any atom is 0.158 e. The highest BCUT2D eigenvalue weighted by Gasteiger charge is 2.46. The van der Waals surface area contributed by atoms with Crippen molar-refractivity contribution in [3.8, 4) is 0 Å². The Kier molecular flexibility index (Phi) is 6.55. The van der Waals surface area contributed by atoms with Gasteiger partial charge in [0.2, 0.25) is 0 Å². The van der Waals surface area contributed by atoms with Crippen LogP contribution in [-0.2, 0) is 6.42 Å².